The van der Waals surface area contributed by atoms with E-state index in [4.69, 9.17) is 11.6 Å². The molecule has 1 aromatic carbocycles. The molecule has 1 amide bonds. The summed E-state index contributed by atoms with van der Waals surface area (Å²) in [4.78, 5) is 12.0. The molecule has 0 radical (unpaired) electrons. The minimum Gasteiger partial charge on any atom is -0.351 e. The molecule has 0 spiro atoms. The van der Waals surface area contributed by atoms with Crippen LogP contribution < -0.4 is 5.32 Å². The fraction of sp³-hybridized carbons (Fsp3) is 0.500. The van der Waals surface area contributed by atoms with Crippen LogP contribution in [0.3, 0.4) is 0 Å². The normalized spacial score (nSPS) is 15.4. The number of carbonyl (C=O) groups excluding carboxylic acids is 1. The second kappa shape index (κ2) is 8.48. The molecule has 1 N–H and O–H groups in total. The van der Waals surface area contributed by atoms with Crippen LogP contribution in [0, 0.1) is 0 Å². The van der Waals surface area contributed by atoms with Crippen LogP contribution >= 0.6 is 23.4 Å². The monoisotopic (exact) mass is 365 g/mol. The van der Waals surface area contributed by atoms with Crippen LogP contribution in [-0.4, -0.2) is 31.9 Å². The molecular weight excluding hydrogens is 346 g/mol. The zero-order chi connectivity index (χ0) is 16.8. The molecule has 1 aliphatic rings. The second-order valence-corrected chi connectivity index (χ2v) is 7.27. The van der Waals surface area contributed by atoms with Crippen LogP contribution in [0.2, 0.25) is 5.02 Å². The molecule has 8 heteroatoms. The number of nitrogens with one attached hydrogen (secondary N) is 1. The summed E-state index contributed by atoms with van der Waals surface area (Å²) >= 11 is 7.32. The highest BCUT2D eigenvalue weighted by molar-refractivity contribution is 7.99. The van der Waals surface area contributed by atoms with Gasteiger partial charge in [0.2, 0.25) is 11.1 Å². The van der Waals surface area contributed by atoms with Crippen molar-refractivity contribution in [3.63, 3.8) is 0 Å². The Labute approximate surface area is 150 Å². The molecule has 6 nitrogen and oxygen atoms in total. The summed E-state index contributed by atoms with van der Waals surface area (Å²) in [6.07, 6.45) is 5.94. The third-order valence-electron chi connectivity index (χ3n) is 4.09. The smallest absolute Gasteiger partial charge is 0.230 e. The highest BCUT2D eigenvalue weighted by Crippen LogP contribution is 2.30. The zero-order valence-electron chi connectivity index (χ0n) is 13.3. The number of benzene rings is 1. The van der Waals surface area contributed by atoms with Crippen LogP contribution in [0.25, 0.3) is 0 Å². The maximum absolute atomic E-state index is 12.0. The average molecular weight is 366 g/mol. The van der Waals surface area contributed by atoms with Gasteiger partial charge >= 0.3 is 0 Å². The lowest BCUT2D eigenvalue weighted by Gasteiger charge is -2.21. The van der Waals surface area contributed by atoms with Crippen molar-refractivity contribution >= 4 is 29.3 Å². The average Bonchev–Trinajstić information content (AvgIpc) is 3.07. The van der Waals surface area contributed by atoms with Gasteiger partial charge in [-0.2, -0.15) is 0 Å². The van der Waals surface area contributed by atoms with Crippen LogP contribution in [0.4, 0.5) is 0 Å². The predicted octanol–water partition coefficient (Wildman–Crippen LogP) is 3.24. The molecule has 2 aromatic rings. The largest absolute Gasteiger partial charge is 0.351 e. The molecule has 1 fully saturated rings. The second-order valence-electron chi connectivity index (χ2n) is 5.89. The van der Waals surface area contributed by atoms with Gasteiger partial charge in [0.15, 0.2) is 0 Å². The molecule has 0 atom stereocenters. The van der Waals surface area contributed by atoms with Gasteiger partial charge in [-0.25, -0.2) is 4.68 Å². The lowest BCUT2D eigenvalue weighted by atomic mass is 9.96. The van der Waals surface area contributed by atoms with Crippen molar-refractivity contribution in [1.82, 2.24) is 25.5 Å². The lowest BCUT2D eigenvalue weighted by molar-refractivity contribution is -0.118. The minimum absolute atomic E-state index is 0.0434. The maximum atomic E-state index is 12.0. The Morgan fingerprint density at radius 1 is 1.33 bits per heavy atom. The molecular formula is C16H20ClN5OS. The first-order chi connectivity index (χ1) is 11.7. The van der Waals surface area contributed by atoms with E-state index >= 15 is 0 Å². The van der Waals surface area contributed by atoms with Crippen LogP contribution in [0.15, 0.2) is 29.4 Å². The van der Waals surface area contributed by atoms with Gasteiger partial charge in [-0.15, -0.1) is 5.10 Å². The third kappa shape index (κ3) is 4.70. The van der Waals surface area contributed by atoms with E-state index in [-0.39, 0.29) is 5.91 Å². The van der Waals surface area contributed by atoms with Crippen molar-refractivity contribution in [2.24, 2.45) is 0 Å². The quantitative estimate of drug-likeness (QED) is 0.795. The Balaban J connectivity index is 1.49. The number of thioether (sulfide) groups is 1. The Bertz CT molecular complexity index is 687. The topological polar surface area (TPSA) is 72.7 Å². The first kappa shape index (κ1) is 17.2. The highest BCUT2D eigenvalue weighted by atomic mass is 35.5. The fourth-order valence-corrected chi connectivity index (χ4v) is 3.85. The van der Waals surface area contributed by atoms with E-state index in [0.29, 0.717) is 23.4 Å². The van der Waals surface area contributed by atoms with E-state index in [1.54, 1.807) is 0 Å². The number of carbonyl (C=O) groups is 1. The minimum atomic E-state index is -0.0434. The molecule has 0 unspecified atom stereocenters. The van der Waals surface area contributed by atoms with Gasteiger partial charge in [-0.05, 0) is 41.0 Å². The molecule has 1 heterocycles. The molecule has 1 saturated carbocycles. The zero-order valence-corrected chi connectivity index (χ0v) is 14.9. The number of hydrogen-bond acceptors (Lipinski definition) is 5. The lowest BCUT2D eigenvalue weighted by Crippen LogP contribution is -2.25. The summed E-state index contributed by atoms with van der Waals surface area (Å²) in [6.45, 7) is 0.466. The number of nitrogens with zero attached hydrogens (tertiary/aromatic N) is 4. The SMILES string of the molecule is O=C(CSc1nnnn1C1CCCCC1)NCc1cccc(Cl)c1. The standard InChI is InChI=1S/C16H20ClN5OS/c17-13-6-4-5-12(9-13)10-18-15(23)11-24-16-19-20-21-22(16)14-7-2-1-3-8-14/h4-6,9,14H,1-3,7-8,10-11H2,(H,18,23). The highest BCUT2D eigenvalue weighted by Gasteiger charge is 2.20. The van der Waals surface area contributed by atoms with E-state index in [2.05, 4.69) is 20.8 Å². The van der Waals surface area contributed by atoms with Gasteiger partial charge in [0, 0.05) is 11.6 Å². The summed E-state index contributed by atoms with van der Waals surface area (Å²) in [5, 5.41) is 16.2. The van der Waals surface area contributed by atoms with E-state index < -0.39 is 0 Å². The van der Waals surface area contributed by atoms with Crippen molar-refractivity contribution in [3.05, 3.63) is 34.9 Å². The van der Waals surface area contributed by atoms with Gasteiger partial charge in [0.1, 0.15) is 0 Å². The molecule has 24 heavy (non-hydrogen) atoms. The maximum Gasteiger partial charge on any atom is 0.230 e. The Morgan fingerprint density at radius 2 is 2.17 bits per heavy atom. The Kier molecular flexibility index (Phi) is 6.09. The van der Waals surface area contributed by atoms with E-state index in [1.165, 1.54) is 31.0 Å². The number of rotatable bonds is 6. The van der Waals surface area contributed by atoms with Crippen LogP contribution in [0.1, 0.15) is 43.7 Å². The molecule has 128 valence electrons. The first-order valence-corrected chi connectivity index (χ1v) is 9.50. The van der Waals surface area contributed by atoms with Crippen molar-refractivity contribution in [2.45, 2.75) is 49.8 Å². The number of amides is 1. The summed E-state index contributed by atoms with van der Waals surface area (Å²) < 4.78 is 1.88. The van der Waals surface area contributed by atoms with Crippen molar-refractivity contribution in [1.29, 1.82) is 0 Å². The first-order valence-electron chi connectivity index (χ1n) is 8.14. The van der Waals surface area contributed by atoms with Gasteiger partial charge in [0.05, 0.1) is 11.8 Å². The Morgan fingerprint density at radius 3 is 2.96 bits per heavy atom. The molecule has 0 saturated heterocycles. The summed E-state index contributed by atoms with van der Waals surface area (Å²) in [7, 11) is 0. The summed E-state index contributed by atoms with van der Waals surface area (Å²) in [5.74, 6) is 0.256. The predicted molar refractivity (Wildman–Crippen MR) is 94.0 cm³/mol. The number of halogens is 1. The number of aromatic nitrogens is 4. The van der Waals surface area contributed by atoms with Gasteiger partial charge in [-0.3, -0.25) is 4.79 Å². The van der Waals surface area contributed by atoms with Gasteiger partial charge < -0.3 is 5.32 Å². The molecule has 0 aliphatic heterocycles. The van der Waals surface area contributed by atoms with E-state index in [0.717, 1.165) is 23.6 Å². The number of tetrazole rings is 1. The van der Waals surface area contributed by atoms with E-state index in [1.807, 2.05) is 28.9 Å². The fourth-order valence-electron chi connectivity index (χ4n) is 2.86. The third-order valence-corrected chi connectivity index (χ3v) is 5.26. The van der Waals surface area contributed by atoms with Crippen molar-refractivity contribution < 1.29 is 4.79 Å². The summed E-state index contributed by atoms with van der Waals surface area (Å²) in [5.41, 5.74) is 0.980. The number of hydrogen-bond donors (Lipinski definition) is 1. The summed E-state index contributed by atoms with van der Waals surface area (Å²) in [6, 6.07) is 7.83. The van der Waals surface area contributed by atoms with Crippen molar-refractivity contribution in [3.8, 4) is 0 Å². The molecule has 0 bridgehead atoms. The van der Waals surface area contributed by atoms with Crippen LogP contribution in [-0.2, 0) is 11.3 Å². The Hall–Kier alpha value is -1.60. The molecule has 1 aliphatic carbocycles. The van der Waals surface area contributed by atoms with E-state index in [9.17, 15) is 4.79 Å². The van der Waals surface area contributed by atoms with Crippen molar-refractivity contribution in [2.75, 3.05) is 5.75 Å². The van der Waals surface area contributed by atoms with Gasteiger partial charge in [-0.1, -0.05) is 54.8 Å². The van der Waals surface area contributed by atoms with Crippen LogP contribution in [0.5, 0.6) is 0 Å². The molecule has 3 rings (SSSR count). The molecule has 1 aromatic heterocycles. The van der Waals surface area contributed by atoms with Gasteiger partial charge in [0.25, 0.3) is 0 Å².